The fraction of sp³-hybridized carbons (Fsp3) is 0.500. The summed E-state index contributed by atoms with van der Waals surface area (Å²) in [6, 6.07) is 1.72. The van der Waals surface area contributed by atoms with E-state index in [0.717, 1.165) is 0 Å². The Balaban J connectivity index is 2.23. The number of carboxylic acids is 1. The highest BCUT2D eigenvalue weighted by molar-refractivity contribution is 5.93. The SMILES string of the molecule is CC(C)(Nc1ccncc1C(=O)O)C1CC1. The second kappa shape index (κ2) is 3.77. The monoisotopic (exact) mass is 220 g/mol. The Kier molecular flexibility index (Phi) is 2.58. The summed E-state index contributed by atoms with van der Waals surface area (Å²) in [5, 5.41) is 12.3. The second-order valence-corrected chi connectivity index (χ2v) is 4.85. The van der Waals surface area contributed by atoms with E-state index >= 15 is 0 Å². The van der Waals surface area contributed by atoms with E-state index in [4.69, 9.17) is 5.11 Å². The number of anilines is 1. The van der Waals surface area contributed by atoms with Crippen molar-refractivity contribution in [2.45, 2.75) is 32.2 Å². The molecule has 1 aromatic heterocycles. The Morgan fingerprint density at radius 1 is 1.56 bits per heavy atom. The molecule has 0 amide bonds. The average Bonchev–Trinajstić information content (AvgIpc) is 3.00. The zero-order valence-electron chi connectivity index (χ0n) is 9.53. The van der Waals surface area contributed by atoms with Gasteiger partial charge in [-0.1, -0.05) is 0 Å². The Labute approximate surface area is 94.7 Å². The van der Waals surface area contributed by atoms with Crippen molar-refractivity contribution in [3.05, 3.63) is 24.0 Å². The number of nitrogens with one attached hydrogen (secondary N) is 1. The van der Waals surface area contributed by atoms with Gasteiger partial charge in [0.1, 0.15) is 5.56 Å². The van der Waals surface area contributed by atoms with Gasteiger partial charge in [0.2, 0.25) is 0 Å². The van der Waals surface area contributed by atoms with E-state index in [1.807, 2.05) is 0 Å². The molecule has 4 heteroatoms. The van der Waals surface area contributed by atoms with Crippen LogP contribution < -0.4 is 5.32 Å². The number of aromatic nitrogens is 1. The lowest BCUT2D eigenvalue weighted by molar-refractivity contribution is 0.0697. The predicted molar refractivity (Wildman–Crippen MR) is 61.6 cm³/mol. The third-order valence-electron chi connectivity index (χ3n) is 3.11. The molecule has 86 valence electrons. The fourth-order valence-corrected chi connectivity index (χ4v) is 1.93. The minimum atomic E-state index is -0.942. The lowest BCUT2D eigenvalue weighted by Crippen LogP contribution is -2.34. The second-order valence-electron chi connectivity index (χ2n) is 4.85. The van der Waals surface area contributed by atoms with Crippen LogP contribution in [0.15, 0.2) is 18.5 Å². The van der Waals surface area contributed by atoms with E-state index in [-0.39, 0.29) is 11.1 Å². The highest BCUT2D eigenvalue weighted by atomic mass is 16.4. The molecule has 1 saturated carbocycles. The maximum Gasteiger partial charge on any atom is 0.339 e. The van der Waals surface area contributed by atoms with E-state index < -0.39 is 5.97 Å². The first kappa shape index (κ1) is 10.9. The van der Waals surface area contributed by atoms with Gasteiger partial charge in [-0.25, -0.2) is 4.79 Å². The zero-order chi connectivity index (χ0) is 11.8. The summed E-state index contributed by atoms with van der Waals surface area (Å²) in [5.74, 6) is -0.301. The lowest BCUT2D eigenvalue weighted by Gasteiger charge is -2.28. The van der Waals surface area contributed by atoms with Crippen LogP contribution in [0.1, 0.15) is 37.0 Å². The molecular weight excluding hydrogens is 204 g/mol. The molecule has 0 aromatic carbocycles. The standard InChI is InChI=1S/C12H16N2O2/c1-12(2,8-3-4-8)14-10-5-6-13-7-9(10)11(15)16/h5-8H,3-4H2,1-2H3,(H,13,14)(H,15,16). The molecule has 0 spiro atoms. The van der Waals surface area contributed by atoms with Crippen molar-refractivity contribution in [3.63, 3.8) is 0 Å². The summed E-state index contributed by atoms with van der Waals surface area (Å²) in [6.07, 6.45) is 5.42. The van der Waals surface area contributed by atoms with Gasteiger partial charge in [-0.15, -0.1) is 0 Å². The maximum atomic E-state index is 11.0. The zero-order valence-corrected chi connectivity index (χ0v) is 9.53. The van der Waals surface area contributed by atoms with E-state index in [2.05, 4.69) is 24.1 Å². The molecule has 16 heavy (non-hydrogen) atoms. The summed E-state index contributed by atoms with van der Waals surface area (Å²) in [5.41, 5.74) is 0.835. The van der Waals surface area contributed by atoms with Crippen LogP contribution in [0.2, 0.25) is 0 Å². The molecule has 0 radical (unpaired) electrons. The van der Waals surface area contributed by atoms with Gasteiger partial charge in [0.05, 0.1) is 5.69 Å². The van der Waals surface area contributed by atoms with Crippen LogP contribution in [-0.4, -0.2) is 21.6 Å². The van der Waals surface area contributed by atoms with E-state index in [1.165, 1.54) is 19.0 Å². The first-order valence-electron chi connectivity index (χ1n) is 5.46. The largest absolute Gasteiger partial charge is 0.478 e. The number of hydrogen-bond donors (Lipinski definition) is 2. The van der Waals surface area contributed by atoms with Crippen molar-refractivity contribution < 1.29 is 9.90 Å². The molecular formula is C12H16N2O2. The van der Waals surface area contributed by atoms with Crippen molar-refractivity contribution in [3.8, 4) is 0 Å². The number of aromatic carboxylic acids is 1. The molecule has 0 aliphatic heterocycles. The van der Waals surface area contributed by atoms with E-state index in [9.17, 15) is 4.79 Å². The lowest BCUT2D eigenvalue weighted by atomic mass is 9.98. The summed E-state index contributed by atoms with van der Waals surface area (Å²) < 4.78 is 0. The molecule has 1 aliphatic carbocycles. The average molecular weight is 220 g/mol. The van der Waals surface area contributed by atoms with Gasteiger partial charge < -0.3 is 10.4 Å². The van der Waals surface area contributed by atoms with Gasteiger partial charge in [0.25, 0.3) is 0 Å². The van der Waals surface area contributed by atoms with Gasteiger partial charge in [0.15, 0.2) is 0 Å². The number of nitrogens with zero attached hydrogens (tertiary/aromatic N) is 1. The van der Waals surface area contributed by atoms with Crippen molar-refractivity contribution in [2.75, 3.05) is 5.32 Å². The highest BCUT2D eigenvalue weighted by Crippen LogP contribution is 2.41. The minimum absolute atomic E-state index is 0.0500. The van der Waals surface area contributed by atoms with E-state index in [0.29, 0.717) is 11.6 Å². The summed E-state index contributed by atoms with van der Waals surface area (Å²) in [6.45, 7) is 4.22. The highest BCUT2D eigenvalue weighted by Gasteiger charge is 2.38. The third kappa shape index (κ3) is 2.15. The van der Waals surface area contributed by atoms with Gasteiger partial charge in [-0.2, -0.15) is 0 Å². The first-order valence-corrected chi connectivity index (χ1v) is 5.46. The summed E-state index contributed by atoms with van der Waals surface area (Å²) >= 11 is 0. The van der Waals surface area contributed by atoms with Crippen molar-refractivity contribution in [1.29, 1.82) is 0 Å². The summed E-state index contributed by atoms with van der Waals surface area (Å²) in [7, 11) is 0. The molecule has 1 fully saturated rings. The number of rotatable bonds is 4. The number of carbonyl (C=O) groups is 1. The fourth-order valence-electron chi connectivity index (χ4n) is 1.93. The van der Waals surface area contributed by atoms with Crippen molar-refractivity contribution in [2.24, 2.45) is 5.92 Å². The predicted octanol–water partition coefficient (Wildman–Crippen LogP) is 2.38. The number of carboxylic acid groups (broad SMARTS) is 1. The third-order valence-corrected chi connectivity index (χ3v) is 3.11. The Hall–Kier alpha value is -1.58. The maximum absolute atomic E-state index is 11.0. The number of hydrogen-bond acceptors (Lipinski definition) is 3. The molecule has 2 rings (SSSR count). The van der Waals surface area contributed by atoms with Crippen LogP contribution in [-0.2, 0) is 0 Å². The molecule has 0 saturated heterocycles. The Bertz CT molecular complexity index is 411. The molecule has 1 aromatic rings. The molecule has 0 unspecified atom stereocenters. The topological polar surface area (TPSA) is 62.2 Å². The quantitative estimate of drug-likeness (QED) is 0.817. The Morgan fingerprint density at radius 3 is 2.81 bits per heavy atom. The van der Waals surface area contributed by atoms with Crippen LogP contribution >= 0.6 is 0 Å². The Morgan fingerprint density at radius 2 is 2.25 bits per heavy atom. The molecule has 1 heterocycles. The molecule has 4 nitrogen and oxygen atoms in total. The number of pyridine rings is 1. The molecule has 1 aliphatic rings. The summed E-state index contributed by atoms with van der Waals surface area (Å²) in [4.78, 5) is 14.8. The van der Waals surface area contributed by atoms with Crippen LogP contribution in [0, 0.1) is 5.92 Å². The van der Waals surface area contributed by atoms with Gasteiger partial charge in [0, 0.05) is 17.9 Å². The first-order chi connectivity index (χ1) is 7.50. The minimum Gasteiger partial charge on any atom is -0.478 e. The van der Waals surface area contributed by atoms with Crippen molar-refractivity contribution >= 4 is 11.7 Å². The molecule has 0 atom stereocenters. The van der Waals surface area contributed by atoms with Crippen LogP contribution in [0.4, 0.5) is 5.69 Å². The molecule has 0 bridgehead atoms. The molecule has 2 N–H and O–H groups in total. The van der Waals surface area contributed by atoms with Crippen molar-refractivity contribution in [1.82, 2.24) is 4.98 Å². The van der Waals surface area contributed by atoms with Gasteiger partial charge in [-0.05, 0) is 38.7 Å². The van der Waals surface area contributed by atoms with Crippen LogP contribution in [0.25, 0.3) is 0 Å². The van der Waals surface area contributed by atoms with Gasteiger partial charge >= 0.3 is 5.97 Å². The van der Waals surface area contributed by atoms with E-state index in [1.54, 1.807) is 12.3 Å². The van der Waals surface area contributed by atoms with Gasteiger partial charge in [-0.3, -0.25) is 4.98 Å². The van der Waals surface area contributed by atoms with Crippen LogP contribution in [0.3, 0.4) is 0 Å². The smallest absolute Gasteiger partial charge is 0.339 e. The normalized spacial score (nSPS) is 15.9. The van der Waals surface area contributed by atoms with Crippen LogP contribution in [0.5, 0.6) is 0 Å².